The second-order valence-electron chi connectivity index (χ2n) is 7.51. The Morgan fingerprint density at radius 2 is 2.11 bits per heavy atom. The van der Waals surface area contributed by atoms with Crippen LogP contribution in [0.4, 0.5) is 0 Å². The van der Waals surface area contributed by atoms with Gasteiger partial charge in [0.2, 0.25) is 5.88 Å². The fourth-order valence-corrected chi connectivity index (χ4v) is 3.56. The molecule has 1 N–H and O–H groups in total. The summed E-state index contributed by atoms with van der Waals surface area (Å²) >= 11 is 6.15. The van der Waals surface area contributed by atoms with E-state index in [4.69, 9.17) is 25.8 Å². The molecule has 7 heteroatoms. The van der Waals surface area contributed by atoms with Crippen LogP contribution in [0, 0.1) is 5.41 Å². The Morgan fingerprint density at radius 1 is 1.41 bits per heavy atom. The molecule has 2 heterocycles. The van der Waals surface area contributed by atoms with E-state index in [9.17, 15) is 4.79 Å². The number of carbonyl (C=O) groups excluding carboxylic acids is 1. The van der Waals surface area contributed by atoms with Gasteiger partial charge in [-0.15, -0.1) is 0 Å². The average Bonchev–Trinajstić information content (AvgIpc) is 3.15. The Labute approximate surface area is 166 Å². The van der Waals surface area contributed by atoms with Gasteiger partial charge >= 0.3 is 0 Å². The Hall–Kier alpha value is -1.37. The number of nitrogens with one attached hydrogen (secondary N) is 1. The van der Waals surface area contributed by atoms with Crippen LogP contribution in [0.2, 0.25) is 5.02 Å². The maximum Gasteiger partial charge on any atom is 0.252 e. The van der Waals surface area contributed by atoms with Crippen LogP contribution in [-0.2, 0) is 9.47 Å². The molecule has 0 unspecified atom stereocenters. The summed E-state index contributed by atoms with van der Waals surface area (Å²) in [7, 11) is 0. The molecule has 1 atom stereocenters. The second-order valence-corrected chi connectivity index (χ2v) is 7.92. The second kappa shape index (κ2) is 10.2. The summed E-state index contributed by atoms with van der Waals surface area (Å²) in [5, 5.41) is 3.27. The number of pyridine rings is 1. The van der Waals surface area contributed by atoms with Crippen molar-refractivity contribution < 1.29 is 19.0 Å². The number of rotatable bonds is 10. The zero-order valence-electron chi connectivity index (χ0n) is 16.7. The lowest BCUT2D eigenvalue weighted by Crippen LogP contribution is -2.34. The normalized spacial score (nSPS) is 17.1. The molecule has 1 aromatic heterocycles. The van der Waals surface area contributed by atoms with E-state index in [0.29, 0.717) is 36.2 Å². The predicted molar refractivity (Wildman–Crippen MR) is 105 cm³/mol. The van der Waals surface area contributed by atoms with E-state index >= 15 is 0 Å². The molecule has 1 aliphatic heterocycles. The molecule has 152 valence electrons. The topological polar surface area (TPSA) is 69.7 Å². The van der Waals surface area contributed by atoms with Crippen molar-refractivity contribution in [3.63, 3.8) is 0 Å². The van der Waals surface area contributed by atoms with Crippen LogP contribution in [0.25, 0.3) is 0 Å². The molecule has 1 aromatic rings. The fraction of sp³-hybridized carbons (Fsp3) is 0.700. The van der Waals surface area contributed by atoms with Gasteiger partial charge in [-0.05, 0) is 39.2 Å². The fourth-order valence-electron chi connectivity index (χ4n) is 3.35. The number of aromatic nitrogens is 1. The SMILES string of the molecule is CCC[C@](C)(CCCNC(=O)c1cnc(OC(C)C)c(Cl)c1)C1OCCO1. The van der Waals surface area contributed by atoms with Gasteiger partial charge in [0.05, 0.1) is 24.9 Å². The molecule has 0 bridgehead atoms. The third kappa shape index (κ3) is 6.33. The number of carbonyl (C=O) groups is 1. The van der Waals surface area contributed by atoms with E-state index in [1.165, 1.54) is 6.20 Å². The molecule has 6 nitrogen and oxygen atoms in total. The molecular formula is C20H31ClN2O4. The number of amides is 1. The van der Waals surface area contributed by atoms with Crippen LogP contribution < -0.4 is 10.1 Å². The highest BCUT2D eigenvalue weighted by atomic mass is 35.5. The number of halogens is 1. The highest BCUT2D eigenvalue weighted by Gasteiger charge is 2.37. The number of hydrogen-bond donors (Lipinski definition) is 1. The summed E-state index contributed by atoms with van der Waals surface area (Å²) in [6.45, 7) is 10.0. The Balaban J connectivity index is 1.83. The summed E-state index contributed by atoms with van der Waals surface area (Å²) in [6, 6.07) is 1.59. The van der Waals surface area contributed by atoms with Gasteiger partial charge in [0.25, 0.3) is 5.91 Å². The minimum atomic E-state index is -0.189. The van der Waals surface area contributed by atoms with Crippen molar-refractivity contribution in [2.75, 3.05) is 19.8 Å². The summed E-state index contributed by atoms with van der Waals surface area (Å²) in [5.41, 5.74) is 0.395. The van der Waals surface area contributed by atoms with Gasteiger partial charge < -0.3 is 19.5 Å². The molecule has 1 amide bonds. The van der Waals surface area contributed by atoms with Gasteiger partial charge in [0.1, 0.15) is 5.02 Å². The van der Waals surface area contributed by atoms with Crippen molar-refractivity contribution in [3.05, 3.63) is 22.8 Å². The van der Waals surface area contributed by atoms with E-state index < -0.39 is 0 Å². The van der Waals surface area contributed by atoms with Gasteiger partial charge in [-0.2, -0.15) is 0 Å². The molecule has 0 aromatic carbocycles. The minimum absolute atomic E-state index is 0.0278. The van der Waals surface area contributed by atoms with Gasteiger partial charge in [0.15, 0.2) is 6.29 Å². The van der Waals surface area contributed by atoms with Crippen molar-refractivity contribution in [2.24, 2.45) is 5.41 Å². The molecule has 1 aliphatic rings. The lowest BCUT2D eigenvalue weighted by Gasteiger charge is -2.34. The van der Waals surface area contributed by atoms with Crippen LogP contribution in [0.3, 0.4) is 0 Å². The molecule has 0 radical (unpaired) electrons. The molecule has 0 saturated carbocycles. The largest absolute Gasteiger partial charge is 0.474 e. The Bertz CT molecular complexity index is 620. The lowest BCUT2D eigenvalue weighted by molar-refractivity contribution is -0.133. The van der Waals surface area contributed by atoms with E-state index in [1.807, 2.05) is 13.8 Å². The first kappa shape index (κ1) is 21.9. The molecule has 0 aliphatic carbocycles. The standard InChI is InChI=1S/C20H31ClN2O4/c1-5-7-20(4,19-25-10-11-26-19)8-6-9-22-17(24)15-12-16(21)18(23-13-15)27-14(2)3/h12-14,19H,5-11H2,1-4H3,(H,22,24)/t20-/m1/s1. The van der Waals surface area contributed by atoms with Crippen LogP contribution in [0.1, 0.15) is 63.7 Å². The quantitative estimate of drug-likeness (QED) is 0.598. The first-order valence-electron chi connectivity index (χ1n) is 9.69. The highest BCUT2D eigenvalue weighted by Crippen LogP contribution is 2.37. The first-order chi connectivity index (χ1) is 12.9. The Morgan fingerprint density at radius 3 is 2.70 bits per heavy atom. The summed E-state index contributed by atoms with van der Waals surface area (Å²) < 4.78 is 16.9. The molecule has 1 fully saturated rings. The maximum atomic E-state index is 12.3. The van der Waals surface area contributed by atoms with Gasteiger partial charge in [0, 0.05) is 18.2 Å². The smallest absolute Gasteiger partial charge is 0.252 e. The predicted octanol–water partition coefficient (Wildman–Crippen LogP) is 4.21. The van der Waals surface area contributed by atoms with Crippen LogP contribution in [0.5, 0.6) is 5.88 Å². The third-order valence-corrected chi connectivity index (χ3v) is 4.91. The van der Waals surface area contributed by atoms with E-state index in [1.54, 1.807) is 6.07 Å². The summed E-state index contributed by atoms with van der Waals surface area (Å²) in [6.07, 6.45) is 5.18. The average molecular weight is 399 g/mol. The zero-order valence-corrected chi connectivity index (χ0v) is 17.5. The van der Waals surface area contributed by atoms with Crippen molar-refractivity contribution in [1.29, 1.82) is 0 Å². The van der Waals surface area contributed by atoms with Crippen molar-refractivity contribution >= 4 is 17.5 Å². The van der Waals surface area contributed by atoms with E-state index in [-0.39, 0.29) is 23.7 Å². The van der Waals surface area contributed by atoms with E-state index in [2.05, 4.69) is 24.1 Å². The number of ether oxygens (including phenoxy) is 3. The summed E-state index contributed by atoms with van der Waals surface area (Å²) in [5.74, 6) is 0.154. The molecular weight excluding hydrogens is 368 g/mol. The van der Waals surface area contributed by atoms with Gasteiger partial charge in [-0.1, -0.05) is 31.9 Å². The van der Waals surface area contributed by atoms with Crippen LogP contribution >= 0.6 is 11.6 Å². The number of nitrogens with zero attached hydrogens (tertiary/aromatic N) is 1. The van der Waals surface area contributed by atoms with E-state index in [0.717, 1.165) is 25.7 Å². The van der Waals surface area contributed by atoms with Crippen molar-refractivity contribution in [3.8, 4) is 5.88 Å². The third-order valence-electron chi connectivity index (χ3n) is 4.64. The highest BCUT2D eigenvalue weighted by molar-refractivity contribution is 6.32. The molecule has 0 spiro atoms. The maximum absolute atomic E-state index is 12.3. The zero-order chi connectivity index (χ0) is 19.9. The minimum Gasteiger partial charge on any atom is -0.474 e. The van der Waals surface area contributed by atoms with Gasteiger partial charge in [-0.25, -0.2) is 4.98 Å². The van der Waals surface area contributed by atoms with Crippen molar-refractivity contribution in [2.45, 2.75) is 65.8 Å². The van der Waals surface area contributed by atoms with Gasteiger partial charge in [-0.3, -0.25) is 4.79 Å². The monoisotopic (exact) mass is 398 g/mol. The number of hydrogen-bond acceptors (Lipinski definition) is 5. The van der Waals surface area contributed by atoms with Crippen LogP contribution in [0.15, 0.2) is 12.3 Å². The van der Waals surface area contributed by atoms with Crippen molar-refractivity contribution in [1.82, 2.24) is 10.3 Å². The molecule has 27 heavy (non-hydrogen) atoms. The van der Waals surface area contributed by atoms with Crippen LogP contribution in [-0.4, -0.2) is 43.0 Å². The molecule has 2 rings (SSSR count). The Kier molecular flexibility index (Phi) is 8.32. The molecule has 1 saturated heterocycles. The summed E-state index contributed by atoms with van der Waals surface area (Å²) in [4.78, 5) is 16.5. The first-order valence-corrected chi connectivity index (χ1v) is 10.1. The lowest BCUT2D eigenvalue weighted by atomic mass is 9.80.